The van der Waals surface area contributed by atoms with Gasteiger partial charge in [0.2, 0.25) is 0 Å². The van der Waals surface area contributed by atoms with E-state index in [-0.39, 0.29) is 5.91 Å². The third kappa shape index (κ3) is 3.05. The molecule has 0 saturated carbocycles. The minimum Gasteiger partial charge on any atom is -0.496 e. The second-order valence-corrected chi connectivity index (χ2v) is 4.76. The fraction of sp³-hybridized carbons (Fsp3) is 0.154. The van der Waals surface area contributed by atoms with E-state index in [9.17, 15) is 4.79 Å². The van der Waals surface area contributed by atoms with Gasteiger partial charge in [0.15, 0.2) is 0 Å². The smallest absolute Gasteiger partial charge is 0.290 e. The molecular weight excluding hydrogens is 324 g/mol. The summed E-state index contributed by atoms with van der Waals surface area (Å²) in [5.41, 5.74) is 3.63. The molecule has 1 amide bonds. The molecule has 1 heterocycles. The van der Waals surface area contributed by atoms with Crippen molar-refractivity contribution >= 4 is 28.1 Å². The van der Waals surface area contributed by atoms with Crippen LogP contribution >= 0.6 is 15.9 Å². The van der Waals surface area contributed by atoms with Crippen molar-refractivity contribution in [1.82, 2.24) is 15.2 Å². The summed E-state index contributed by atoms with van der Waals surface area (Å²) in [6.45, 7) is 0. The molecule has 0 bridgehead atoms. The Balaban J connectivity index is 2.09. The Morgan fingerprint density at radius 2 is 2.25 bits per heavy atom. The first-order valence-corrected chi connectivity index (χ1v) is 6.56. The first-order chi connectivity index (χ1) is 9.63. The molecule has 2 rings (SSSR count). The topological polar surface area (TPSA) is 68.5 Å². The molecule has 2 aromatic rings. The van der Waals surface area contributed by atoms with Gasteiger partial charge in [0.25, 0.3) is 5.91 Å². The van der Waals surface area contributed by atoms with Gasteiger partial charge in [-0.2, -0.15) is 10.2 Å². The number of hydrazone groups is 1. The standard InChI is InChI=1S/C13H13BrN4O2/c1-18-12(10(14)8-16-18)13(19)17-15-7-9-5-3-4-6-11(9)20-2/h3-8H,1-2H3,(H,17,19)/b15-7+. The quantitative estimate of drug-likeness (QED) is 0.685. The number of halogens is 1. The number of rotatable bonds is 4. The summed E-state index contributed by atoms with van der Waals surface area (Å²) in [7, 11) is 3.27. The molecule has 0 aliphatic carbocycles. The molecule has 1 aromatic heterocycles. The highest BCUT2D eigenvalue weighted by molar-refractivity contribution is 9.10. The van der Waals surface area contributed by atoms with Crippen LogP contribution in [0.5, 0.6) is 5.75 Å². The Labute approximate surface area is 124 Å². The summed E-state index contributed by atoms with van der Waals surface area (Å²) >= 11 is 3.26. The summed E-state index contributed by atoms with van der Waals surface area (Å²) in [5.74, 6) is 0.343. The van der Waals surface area contributed by atoms with Crippen LogP contribution in [-0.2, 0) is 7.05 Å². The molecule has 7 heteroatoms. The third-order valence-electron chi connectivity index (χ3n) is 2.62. The van der Waals surface area contributed by atoms with Crippen molar-refractivity contribution in [2.75, 3.05) is 7.11 Å². The van der Waals surface area contributed by atoms with Gasteiger partial charge in [0, 0.05) is 12.6 Å². The lowest BCUT2D eigenvalue weighted by atomic mass is 10.2. The number of aromatic nitrogens is 2. The van der Waals surface area contributed by atoms with Crippen LogP contribution in [0.1, 0.15) is 16.1 Å². The van der Waals surface area contributed by atoms with Crippen LogP contribution in [0.25, 0.3) is 0 Å². The maximum Gasteiger partial charge on any atom is 0.290 e. The van der Waals surface area contributed by atoms with Crippen LogP contribution in [0, 0.1) is 0 Å². The van der Waals surface area contributed by atoms with E-state index in [2.05, 4.69) is 31.6 Å². The number of methoxy groups -OCH3 is 1. The zero-order chi connectivity index (χ0) is 14.5. The van der Waals surface area contributed by atoms with E-state index in [4.69, 9.17) is 4.74 Å². The van der Waals surface area contributed by atoms with E-state index < -0.39 is 0 Å². The maximum atomic E-state index is 11.9. The number of carbonyl (C=O) groups excluding carboxylic acids is 1. The molecule has 0 unspecified atom stereocenters. The van der Waals surface area contributed by atoms with Crippen LogP contribution in [-0.4, -0.2) is 29.0 Å². The largest absolute Gasteiger partial charge is 0.496 e. The van der Waals surface area contributed by atoms with E-state index in [0.717, 1.165) is 5.56 Å². The van der Waals surface area contributed by atoms with Crippen LogP contribution in [0.4, 0.5) is 0 Å². The summed E-state index contributed by atoms with van der Waals surface area (Å²) in [6, 6.07) is 7.39. The first-order valence-electron chi connectivity index (χ1n) is 5.77. The Morgan fingerprint density at radius 3 is 2.90 bits per heavy atom. The second kappa shape index (κ2) is 6.33. The van der Waals surface area contributed by atoms with E-state index in [1.165, 1.54) is 10.9 Å². The van der Waals surface area contributed by atoms with Gasteiger partial charge in [-0.3, -0.25) is 9.48 Å². The molecule has 0 saturated heterocycles. The van der Waals surface area contributed by atoms with Crippen LogP contribution in [0.3, 0.4) is 0 Å². The Hall–Kier alpha value is -2.15. The number of hydrogen-bond donors (Lipinski definition) is 1. The van der Waals surface area contributed by atoms with Crippen molar-refractivity contribution in [3.05, 3.63) is 46.2 Å². The SMILES string of the molecule is COc1ccccc1/C=N/NC(=O)c1c(Br)cnn1C. The zero-order valence-corrected chi connectivity index (χ0v) is 12.6. The van der Waals surface area contributed by atoms with Gasteiger partial charge < -0.3 is 4.74 Å². The zero-order valence-electron chi connectivity index (χ0n) is 11.0. The van der Waals surface area contributed by atoms with Gasteiger partial charge in [0.05, 0.1) is 24.0 Å². The van der Waals surface area contributed by atoms with Gasteiger partial charge >= 0.3 is 0 Å². The Morgan fingerprint density at radius 1 is 1.50 bits per heavy atom. The van der Waals surface area contributed by atoms with Crippen molar-refractivity contribution in [3.8, 4) is 5.75 Å². The molecule has 0 spiro atoms. The normalized spacial score (nSPS) is 10.8. The summed E-state index contributed by atoms with van der Waals surface area (Å²) in [6.07, 6.45) is 3.08. The van der Waals surface area contributed by atoms with Crippen LogP contribution in [0.2, 0.25) is 0 Å². The first kappa shape index (κ1) is 14.3. The maximum absolute atomic E-state index is 11.9. The van der Waals surface area contributed by atoms with Crippen molar-refractivity contribution in [1.29, 1.82) is 0 Å². The molecule has 0 aliphatic heterocycles. The fourth-order valence-electron chi connectivity index (χ4n) is 1.65. The molecule has 6 nitrogen and oxygen atoms in total. The van der Waals surface area contributed by atoms with E-state index in [0.29, 0.717) is 15.9 Å². The van der Waals surface area contributed by atoms with Crippen molar-refractivity contribution in [2.24, 2.45) is 12.1 Å². The predicted molar refractivity (Wildman–Crippen MR) is 79.0 cm³/mol. The highest BCUT2D eigenvalue weighted by Gasteiger charge is 2.14. The summed E-state index contributed by atoms with van der Waals surface area (Å²) in [5, 5.41) is 7.89. The highest BCUT2D eigenvalue weighted by atomic mass is 79.9. The Kier molecular flexibility index (Phi) is 4.52. The van der Waals surface area contributed by atoms with Crippen LogP contribution in [0.15, 0.2) is 40.0 Å². The third-order valence-corrected chi connectivity index (χ3v) is 3.20. The summed E-state index contributed by atoms with van der Waals surface area (Å²) in [4.78, 5) is 11.9. The number of ether oxygens (including phenoxy) is 1. The lowest BCUT2D eigenvalue weighted by molar-refractivity contribution is 0.0945. The summed E-state index contributed by atoms with van der Waals surface area (Å²) < 4.78 is 7.27. The van der Waals surface area contributed by atoms with Crippen LogP contribution < -0.4 is 10.2 Å². The minimum atomic E-state index is -0.344. The average Bonchev–Trinajstić information content (AvgIpc) is 2.78. The molecule has 0 radical (unpaired) electrons. The number of nitrogens with one attached hydrogen (secondary N) is 1. The molecule has 0 aliphatic rings. The molecule has 104 valence electrons. The number of carbonyl (C=O) groups is 1. The van der Waals surface area contributed by atoms with Crippen molar-refractivity contribution in [3.63, 3.8) is 0 Å². The van der Waals surface area contributed by atoms with Crippen molar-refractivity contribution < 1.29 is 9.53 Å². The lowest BCUT2D eigenvalue weighted by Gasteiger charge is -2.03. The van der Waals surface area contributed by atoms with E-state index >= 15 is 0 Å². The van der Waals surface area contributed by atoms with Gasteiger partial charge in [-0.1, -0.05) is 12.1 Å². The Bertz CT molecular complexity index is 632. The van der Waals surface area contributed by atoms with Gasteiger partial charge in [-0.25, -0.2) is 5.43 Å². The number of para-hydroxylation sites is 1. The molecule has 1 N–H and O–H groups in total. The second-order valence-electron chi connectivity index (χ2n) is 3.91. The minimum absolute atomic E-state index is 0.344. The number of hydrogen-bond acceptors (Lipinski definition) is 4. The van der Waals surface area contributed by atoms with Gasteiger partial charge in [-0.05, 0) is 28.1 Å². The van der Waals surface area contributed by atoms with Gasteiger partial charge in [-0.15, -0.1) is 0 Å². The highest BCUT2D eigenvalue weighted by Crippen LogP contribution is 2.15. The monoisotopic (exact) mass is 336 g/mol. The lowest BCUT2D eigenvalue weighted by Crippen LogP contribution is -2.21. The molecule has 1 aromatic carbocycles. The molecular formula is C13H13BrN4O2. The predicted octanol–water partition coefficient (Wildman–Crippen LogP) is 1.96. The molecule has 0 fully saturated rings. The number of aryl methyl sites for hydroxylation is 1. The fourth-order valence-corrected chi connectivity index (χ4v) is 2.18. The van der Waals surface area contributed by atoms with E-state index in [1.807, 2.05) is 24.3 Å². The number of amides is 1. The van der Waals surface area contributed by atoms with Crippen molar-refractivity contribution in [2.45, 2.75) is 0 Å². The van der Waals surface area contributed by atoms with Gasteiger partial charge in [0.1, 0.15) is 11.4 Å². The number of benzene rings is 1. The average molecular weight is 337 g/mol. The molecule has 0 atom stereocenters. The van der Waals surface area contributed by atoms with E-state index in [1.54, 1.807) is 20.4 Å². The number of nitrogens with zero attached hydrogens (tertiary/aromatic N) is 3. The molecule has 20 heavy (non-hydrogen) atoms.